The molecule has 4 nitrogen and oxygen atoms in total. The highest BCUT2D eigenvalue weighted by atomic mass is 16.5. The van der Waals surface area contributed by atoms with Gasteiger partial charge in [0, 0.05) is 26.3 Å². The number of piperidine rings is 1. The molecule has 1 atom stereocenters. The second kappa shape index (κ2) is 5.78. The lowest BCUT2D eigenvalue weighted by molar-refractivity contribution is -0.131. The lowest BCUT2D eigenvalue weighted by Crippen LogP contribution is -2.39. The fourth-order valence-corrected chi connectivity index (χ4v) is 1.67. The molecule has 0 aromatic carbocycles. The van der Waals surface area contributed by atoms with Crippen LogP contribution in [0, 0.1) is 0 Å². The molecular weight excluding hydrogens is 182 g/mol. The summed E-state index contributed by atoms with van der Waals surface area (Å²) in [6.45, 7) is 2.64. The van der Waals surface area contributed by atoms with E-state index in [9.17, 15) is 4.79 Å². The van der Waals surface area contributed by atoms with E-state index in [1.54, 1.807) is 13.2 Å². The third-order valence-electron chi connectivity index (χ3n) is 2.42. The molecule has 1 unspecified atom stereocenters. The fraction of sp³-hybridized carbons (Fsp3) is 0.700. The number of nitrogens with zero attached hydrogens (tertiary/aromatic N) is 1. The van der Waals surface area contributed by atoms with Gasteiger partial charge < -0.3 is 9.84 Å². The number of ether oxygens (including phenoxy) is 1. The Morgan fingerprint density at radius 3 is 3.14 bits per heavy atom. The number of aliphatic carboxylic acids is 1. The number of hydrogen-bond donors (Lipinski definition) is 1. The first kappa shape index (κ1) is 11.2. The smallest absolute Gasteiger partial charge is 0.328 e. The second-order valence-corrected chi connectivity index (χ2v) is 3.50. The number of carboxylic acids is 1. The Labute approximate surface area is 84.2 Å². The minimum atomic E-state index is -0.884. The van der Waals surface area contributed by atoms with Gasteiger partial charge in [-0.2, -0.15) is 0 Å². The molecule has 14 heavy (non-hydrogen) atoms. The van der Waals surface area contributed by atoms with E-state index in [0.29, 0.717) is 12.6 Å². The molecule has 0 amide bonds. The minimum absolute atomic E-state index is 0.307. The standard InChI is InChI=1S/C10H17NO3/c1-14-9-4-2-6-11(8-9)7-3-5-10(12)13/h3,5,9H,2,4,6-8H2,1H3,(H,12,13)/b5-3+. The maximum absolute atomic E-state index is 10.2. The van der Waals surface area contributed by atoms with E-state index >= 15 is 0 Å². The lowest BCUT2D eigenvalue weighted by atomic mass is 10.1. The van der Waals surface area contributed by atoms with Gasteiger partial charge >= 0.3 is 5.97 Å². The molecule has 80 valence electrons. The molecule has 1 rings (SSSR count). The summed E-state index contributed by atoms with van der Waals surface area (Å²) in [5.74, 6) is -0.884. The fourth-order valence-electron chi connectivity index (χ4n) is 1.67. The molecule has 0 aromatic rings. The Morgan fingerprint density at radius 2 is 2.50 bits per heavy atom. The molecule has 0 bridgehead atoms. The van der Waals surface area contributed by atoms with Crippen LogP contribution in [0.5, 0.6) is 0 Å². The number of methoxy groups -OCH3 is 1. The van der Waals surface area contributed by atoms with E-state index in [1.807, 2.05) is 0 Å². The summed E-state index contributed by atoms with van der Waals surface area (Å²) in [6.07, 6.45) is 5.41. The molecule has 0 aliphatic carbocycles. The van der Waals surface area contributed by atoms with Gasteiger partial charge in [-0.1, -0.05) is 6.08 Å². The molecular formula is C10H17NO3. The van der Waals surface area contributed by atoms with Crippen molar-refractivity contribution < 1.29 is 14.6 Å². The number of hydrogen-bond acceptors (Lipinski definition) is 3. The van der Waals surface area contributed by atoms with Gasteiger partial charge in [-0.3, -0.25) is 4.90 Å². The first-order chi connectivity index (χ1) is 6.72. The van der Waals surface area contributed by atoms with Crippen LogP contribution in [0.3, 0.4) is 0 Å². The van der Waals surface area contributed by atoms with E-state index in [4.69, 9.17) is 9.84 Å². The first-order valence-corrected chi connectivity index (χ1v) is 4.87. The summed E-state index contributed by atoms with van der Waals surface area (Å²) in [6, 6.07) is 0. The lowest BCUT2D eigenvalue weighted by Gasteiger charge is -2.30. The Balaban J connectivity index is 2.27. The van der Waals surface area contributed by atoms with Crippen molar-refractivity contribution in [1.82, 2.24) is 4.90 Å². The molecule has 1 N–H and O–H groups in total. The van der Waals surface area contributed by atoms with Crippen LogP contribution in [0.4, 0.5) is 0 Å². The molecule has 0 aromatic heterocycles. The zero-order valence-corrected chi connectivity index (χ0v) is 8.48. The maximum atomic E-state index is 10.2. The van der Waals surface area contributed by atoms with Crippen molar-refractivity contribution in [2.24, 2.45) is 0 Å². The summed E-state index contributed by atoms with van der Waals surface area (Å²) in [5.41, 5.74) is 0. The van der Waals surface area contributed by atoms with Crippen LogP contribution in [0.1, 0.15) is 12.8 Å². The number of rotatable bonds is 4. The summed E-state index contributed by atoms with van der Waals surface area (Å²) >= 11 is 0. The van der Waals surface area contributed by atoms with Crippen molar-refractivity contribution in [3.63, 3.8) is 0 Å². The average molecular weight is 199 g/mol. The van der Waals surface area contributed by atoms with E-state index in [1.165, 1.54) is 6.08 Å². The first-order valence-electron chi connectivity index (χ1n) is 4.87. The van der Waals surface area contributed by atoms with Gasteiger partial charge in [0.1, 0.15) is 0 Å². The van der Waals surface area contributed by atoms with E-state index in [2.05, 4.69) is 4.90 Å². The third kappa shape index (κ3) is 3.89. The quantitative estimate of drug-likeness (QED) is 0.678. The van der Waals surface area contributed by atoms with Crippen LogP contribution in [-0.2, 0) is 9.53 Å². The molecule has 0 saturated carbocycles. The van der Waals surface area contributed by atoms with Crippen LogP contribution in [0.25, 0.3) is 0 Å². The molecule has 1 aliphatic rings. The van der Waals surface area contributed by atoms with Crippen molar-refractivity contribution in [1.29, 1.82) is 0 Å². The highest BCUT2D eigenvalue weighted by Crippen LogP contribution is 2.11. The van der Waals surface area contributed by atoms with Crippen molar-refractivity contribution in [3.8, 4) is 0 Å². The molecule has 0 radical (unpaired) electrons. The van der Waals surface area contributed by atoms with E-state index in [-0.39, 0.29) is 0 Å². The van der Waals surface area contributed by atoms with Crippen LogP contribution in [0.15, 0.2) is 12.2 Å². The van der Waals surface area contributed by atoms with Gasteiger partial charge in [0.2, 0.25) is 0 Å². The molecule has 4 heteroatoms. The zero-order valence-electron chi connectivity index (χ0n) is 8.48. The topological polar surface area (TPSA) is 49.8 Å². The van der Waals surface area contributed by atoms with E-state index < -0.39 is 5.97 Å². The largest absolute Gasteiger partial charge is 0.478 e. The molecule has 1 fully saturated rings. The van der Waals surface area contributed by atoms with E-state index in [0.717, 1.165) is 25.9 Å². The number of carboxylic acid groups (broad SMARTS) is 1. The Morgan fingerprint density at radius 1 is 1.71 bits per heavy atom. The Hall–Kier alpha value is -0.870. The Bertz CT molecular complexity index is 215. The predicted molar refractivity (Wildman–Crippen MR) is 53.2 cm³/mol. The monoisotopic (exact) mass is 199 g/mol. The van der Waals surface area contributed by atoms with Crippen LogP contribution < -0.4 is 0 Å². The van der Waals surface area contributed by atoms with Crippen molar-refractivity contribution in [2.45, 2.75) is 18.9 Å². The summed E-state index contributed by atoms with van der Waals surface area (Å²) in [7, 11) is 1.72. The van der Waals surface area contributed by atoms with Crippen LogP contribution in [0.2, 0.25) is 0 Å². The normalized spacial score (nSPS) is 24.2. The van der Waals surface area contributed by atoms with Crippen LogP contribution >= 0.6 is 0 Å². The number of carbonyl (C=O) groups is 1. The summed E-state index contributed by atoms with van der Waals surface area (Å²) in [4.78, 5) is 12.4. The van der Waals surface area contributed by atoms with Gasteiger partial charge in [0.05, 0.1) is 6.10 Å². The molecule has 0 spiro atoms. The highest BCUT2D eigenvalue weighted by molar-refractivity contribution is 5.79. The number of likely N-dealkylation sites (tertiary alicyclic amines) is 1. The van der Waals surface area contributed by atoms with Gasteiger partial charge in [-0.15, -0.1) is 0 Å². The minimum Gasteiger partial charge on any atom is -0.478 e. The average Bonchev–Trinajstić information content (AvgIpc) is 2.18. The summed E-state index contributed by atoms with van der Waals surface area (Å²) < 4.78 is 5.27. The van der Waals surface area contributed by atoms with Gasteiger partial charge in [-0.25, -0.2) is 4.79 Å². The SMILES string of the molecule is COC1CCCN(C/C=C/C(=O)O)C1. The highest BCUT2D eigenvalue weighted by Gasteiger charge is 2.17. The maximum Gasteiger partial charge on any atom is 0.328 e. The van der Waals surface area contributed by atoms with Crippen molar-refractivity contribution >= 4 is 5.97 Å². The van der Waals surface area contributed by atoms with Gasteiger partial charge in [0.15, 0.2) is 0 Å². The van der Waals surface area contributed by atoms with Gasteiger partial charge in [-0.05, 0) is 19.4 Å². The molecule has 1 heterocycles. The van der Waals surface area contributed by atoms with Crippen molar-refractivity contribution in [3.05, 3.63) is 12.2 Å². The molecule has 1 saturated heterocycles. The third-order valence-corrected chi connectivity index (χ3v) is 2.42. The zero-order chi connectivity index (χ0) is 10.4. The predicted octanol–water partition coefficient (Wildman–Crippen LogP) is 0.738. The second-order valence-electron chi connectivity index (χ2n) is 3.50. The summed E-state index contributed by atoms with van der Waals surface area (Å²) in [5, 5.41) is 8.41. The molecule has 1 aliphatic heterocycles. The van der Waals surface area contributed by atoms with Crippen LogP contribution in [-0.4, -0.2) is 48.8 Å². The Kier molecular flexibility index (Phi) is 4.62. The van der Waals surface area contributed by atoms with Gasteiger partial charge in [0.25, 0.3) is 0 Å². The van der Waals surface area contributed by atoms with Crippen molar-refractivity contribution in [2.75, 3.05) is 26.7 Å².